The number of benzene rings is 1. The van der Waals surface area contributed by atoms with Gasteiger partial charge in [0.2, 0.25) is 5.95 Å². The van der Waals surface area contributed by atoms with Crippen LogP contribution in [-0.4, -0.2) is 61.7 Å². The van der Waals surface area contributed by atoms with Gasteiger partial charge in [-0.1, -0.05) is 11.6 Å². The molecular weight excluding hydrogens is 390 g/mol. The van der Waals surface area contributed by atoms with E-state index in [1.165, 1.54) is 6.07 Å². The van der Waals surface area contributed by atoms with Crippen LogP contribution in [0.1, 0.15) is 12.8 Å². The number of rotatable bonds is 5. The minimum Gasteiger partial charge on any atom is -0.507 e. The second kappa shape index (κ2) is 7.84. The Kier molecular flexibility index (Phi) is 5.27. The smallest absolute Gasteiger partial charge is 0.251 e. The summed E-state index contributed by atoms with van der Waals surface area (Å²) in [6.45, 7) is 0.963. The van der Waals surface area contributed by atoms with E-state index in [9.17, 15) is 13.9 Å². The summed E-state index contributed by atoms with van der Waals surface area (Å²) in [5.74, 6) is 0.481. The van der Waals surface area contributed by atoms with Crippen molar-refractivity contribution in [2.45, 2.75) is 25.3 Å². The lowest BCUT2D eigenvalue weighted by atomic mass is 10.1. The highest BCUT2D eigenvalue weighted by atomic mass is 35.5. The lowest BCUT2D eigenvalue weighted by molar-refractivity contribution is 0.0761. The van der Waals surface area contributed by atoms with E-state index in [1.54, 1.807) is 34.0 Å². The summed E-state index contributed by atoms with van der Waals surface area (Å²) in [6.07, 6.45) is 2.58. The Hall–Kier alpha value is -2.52. The van der Waals surface area contributed by atoms with Crippen molar-refractivity contribution in [3.05, 3.63) is 35.7 Å². The second-order valence-electron chi connectivity index (χ2n) is 6.82. The van der Waals surface area contributed by atoms with Crippen LogP contribution in [0.25, 0.3) is 16.8 Å². The summed E-state index contributed by atoms with van der Waals surface area (Å²) in [6, 6.07) is 4.77. The molecule has 1 atom stereocenters. The first-order valence-corrected chi connectivity index (χ1v) is 9.33. The number of anilines is 1. The van der Waals surface area contributed by atoms with Crippen molar-refractivity contribution < 1.29 is 13.9 Å². The molecule has 1 aromatic carbocycles. The quantitative estimate of drug-likeness (QED) is 0.674. The van der Waals surface area contributed by atoms with Crippen molar-refractivity contribution in [3.63, 3.8) is 0 Å². The molecule has 0 bridgehead atoms. The van der Waals surface area contributed by atoms with Gasteiger partial charge in [0.05, 0.1) is 18.3 Å². The second-order valence-corrected chi connectivity index (χ2v) is 7.25. The standard InChI is InChI=1S/C18H19ClF2N6O/c19-11-3-4-13(15(28)6-11)17-14-7-22-10-27(14)18(25-24-17)23-12-2-1-5-26(8-12)9-16(20)21/h3-4,6-7,10,12,16,28H,1-2,5,8-9H2,(H,23,25)/t12-/m1/s1. The lowest BCUT2D eigenvalue weighted by Gasteiger charge is -2.33. The molecule has 4 rings (SSSR count). The molecule has 148 valence electrons. The van der Waals surface area contributed by atoms with E-state index in [2.05, 4.69) is 20.5 Å². The van der Waals surface area contributed by atoms with Crippen LogP contribution in [0.4, 0.5) is 14.7 Å². The number of hydrogen-bond donors (Lipinski definition) is 2. The fraction of sp³-hybridized carbons (Fsp3) is 0.389. The van der Waals surface area contributed by atoms with Gasteiger partial charge in [-0.15, -0.1) is 10.2 Å². The van der Waals surface area contributed by atoms with Crippen LogP contribution in [0.5, 0.6) is 5.75 Å². The number of hydrogen-bond acceptors (Lipinski definition) is 6. The summed E-state index contributed by atoms with van der Waals surface area (Å²) >= 11 is 5.90. The van der Waals surface area contributed by atoms with Gasteiger partial charge in [0, 0.05) is 23.2 Å². The fourth-order valence-electron chi connectivity index (χ4n) is 3.55. The summed E-state index contributed by atoms with van der Waals surface area (Å²) in [5, 5.41) is 22.4. The van der Waals surface area contributed by atoms with Crippen molar-refractivity contribution in [3.8, 4) is 17.0 Å². The Morgan fingerprint density at radius 2 is 2.18 bits per heavy atom. The van der Waals surface area contributed by atoms with E-state index in [4.69, 9.17) is 11.6 Å². The maximum Gasteiger partial charge on any atom is 0.251 e. The van der Waals surface area contributed by atoms with E-state index >= 15 is 0 Å². The van der Waals surface area contributed by atoms with Gasteiger partial charge in [-0.3, -0.25) is 9.30 Å². The molecule has 0 aliphatic carbocycles. The molecule has 10 heteroatoms. The van der Waals surface area contributed by atoms with Crippen molar-refractivity contribution >= 4 is 23.1 Å². The van der Waals surface area contributed by atoms with Crippen LogP contribution in [-0.2, 0) is 0 Å². The van der Waals surface area contributed by atoms with Gasteiger partial charge in [-0.2, -0.15) is 0 Å². The fourth-order valence-corrected chi connectivity index (χ4v) is 3.71. The van der Waals surface area contributed by atoms with Crippen molar-refractivity contribution in [1.29, 1.82) is 0 Å². The van der Waals surface area contributed by atoms with Gasteiger partial charge in [0.1, 0.15) is 17.8 Å². The number of phenolic OH excluding ortho intramolecular Hbond substituents is 1. The number of imidazole rings is 1. The van der Waals surface area contributed by atoms with Gasteiger partial charge in [-0.05, 0) is 37.6 Å². The Bertz CT molecular complexity index is 982. The van der Waals surface area contributed by atoms with Gasteiger partial charge >= 0.3 is 0 Å². The summed E-state index contributed by atoms with van der Waals surface area (Å²) in [7, 11) is 0. The van der Waals surface area contributed by atoms with Crippen molar-refractivity contribution in [1.82, 2.24) is 24.5 Å². The van der Waals surface area contributed by atoms with Crippen LogP contribution in [0, 0.1) is 0 Å². The van der Waals surface area contributed by atoms with Crippen LogP contribution in [0.2, 0.25) is 5.02 Å². The molecule has 0 saturated carbocycles. The highest BCUT2D eigenvalue weighted by Gasteiger charge is 2.23. The molecular formula is C18H19ClF2N6O. The first kappa shape index (κ1) is 18.8. The van der Waals surface area contributed by atoms with Gasteiger partial charge in [0.25, 0.3) is 6.43 Å². The highest BCUT2D eigenvalue weighted by Crippen LogP contribution is 2.33. The Labute approximate surface area is 165 Å². The van der Waals surface area contributed by atoms with E-state index in [0.717, 1.165) is 12.8 Å². The normalized spacial score (nSPS) is 18.1. The molecule has 0 unspecified atom stereocenters. The number of halogens is 3. The molecule has 0 amide bonds. The van der Waals surface area contributed by atoms with Crippen LogP contribution in [0.15, 0.2) is 30.7 Å². The van der Waals surface area contributed by atoms with Crippen molar-refractivity contribution in [2.24, 2.45) is 0 Å². The minimum atomic E-state index is -2.34. The predicted octanol–water partition coefficient (Wildman–Crippen LogP) is 3.29. The molecule has 1 fully saturated rings. The zero-order valence-corrected chi connectivity index (χ0v) is 15.7. The zero-order chi connectivity index (χ0) is 19.7. The Morgan fingerprint density at radius 3 is 2.96 bits per heavy atom. The number of aromatic nitrogens is 4. The van der Waals surface area contributed by atoms with E-state index in [1.807, 2.05) is 0 Å². The van der Waals surface area contributed by atoms with Crippen LogP contribution < -0.4 is 5.32 Å². The van der Waals surface area contributed by atoms with E-state index in [0.29, 0.717) is 40.8 Å². The third-order valence-corrected chi connectivity index (χ3v) is 5.04. The first-order chi connectivity index (χ1) is 13.5. The van der Waals surface area contributed by atoms with Crippen LogP contribution in [0.3, 0.4) is 0 Å². The molecule has 0 spiro atoms. The summed E-state index contributed by atoms with van der Waals surface area (Å²) < 4.78 is 27.1. The zero-order valence-electron chi connectivity index (χ0n) is 14.9. The molecule has 1 aliphatic heterocycles. The maximum absolute atomic E-state index is 12.7. The number of nitrogens with zero attached hydrogens (tertiary/aromatic N) is 5. The number of aromatic hydroxyl groups is 1. The average molecular weight is 409 g/mol. The largest absolute Gasteiger partial charge is 0.507 e. The van der Waals surface area contributed by atoms with E-state index in [-0.39, 0.29) is 18.3 Å². The third kappa shape index (κ3) is 3.85. The third-order valence-electron chi connectivity index (χ3n) is 4.80. The monoisotopic (exact) mass is 408 g/mol. The SMILES string of the molecule is Oc1cc(Cl)ccc1-c1nnc(N[C@@H]2CCCN(CC(F)F)C2)n2cncc12. The molecule has 1 saturated heterocycles. The number of phenols is 1. The summed E-state index contributed by atoms with van der Waals surface area (Å²) in [4.78, 5) is 5.92. The Morgan fingerprint density at radius 1 is 1.32 bits per heavy atom. The minimum absolute atomic E-state index is 0.000491. The number of nitrogens with one attached hydrogen (secondary N) is 1. The Balaban J connectivity index is 1.61. The molecule has 2 N–H and O–H groups in total. The molecule has 7 nitrogen and oxygen atoms in total. The van der Waals surface area contributed by atoms with Gasteiger partial charge < -0.3 is 10.4 Å². The summed E-state index contributed by atoms with van der Waals surface area (Å²) in [5.41, 5.74) is 1.63. The number of fused-ring (bicyclic) bond motifs is 1. The molecule has 1 aliphatic rings. The average Bonchev–Trinajstić information content (AvgIpc) is 3.13. The number of piperidine rings is 1. The van der Waals surface area contributed by atoms with E-state index < -0.39 is 6.43 Å². The van der Waals surface area contributed by atoms with Gasteiger partial charge in [-0.25, -0.2) is 13.8 Å². The predicted molar refractivity (Wildman–Crippen MR) is 102 cm³/mol. The van der Waals surface area contributed by atoms with Crippen molar-refractivity contribution in [2.75, 3.05) is 25.0 Å². The molecule has 28 heavy (non-hydrogen) atoms. The highest BCUT2D eigenvalue weighted by molar-refractivity contribution is 6.30. The molecule has 3 aromatic rings. The molecule has 0 radical (unpaired) electrons. The number of alkyl halides is 2. The van der Waals surface area contributed by atoms with Gasteiger partial charge in [0.15, 0.2) is 0 Å². The topological polar surface area (TPSA) is 78.6 Å². The number of likely N-dealkylation sites (tertiary alicyclic amines) is 1. The molecule has 2 aromatic heterocycles. The van der Waals surface area contributed by atoms with Crippen LogP contribution >= 0.6 is 11.6 Å². The molecule has 3 heterocycles. The first-order valence-electron chi connectivity index (χ1n) is 8.96. The maximum atomic E-state index is 12.7. The lowest BCUT2D eigenvalue weighted by Crippen LogP contribution is -2.44.